The van der Waals surface area contributed by atoms with Crippen molar-refractivity contribution in [2.75, 3.05) is 13.1 Å². The molecule has 0 spiro atoms. The maximum Gasteiger partial charge on any atom is 0.0215 e. The van der Waals surface area contributed by atoms with Crippen LogP contribution >= 0.6 is 0 Å². The van der Waals surface area contributed by atoms with Crippen molar-refractivity contribution in [3.8, 4) is 0 Å². The molecule has 3 N–H and O–H groups in total. The minimum absolute atomic E-state index is 0.481. The van der Waals surface area contributed by atoms with Crippen LogP contribution in [-0.4, -0.2) is 19.1 Å². The lowest BCUT2D eigenvalue weighted by Gasteiger charge is -2.30. The molecule has 2 atom stereocenters. The number of nitrogens with one attached hydrogen (secondary N) is 1. The molecule has 0 radical (unpaired) electrons. The molecule has 0 aliphatic carbocycles. The van der Waals surface area contributed by atoms with E-state index < -0.39 is 0 Å². The number of rotatable bonds is 9. The molecule has 104 valence electrons. The van der Waals surface area contributed by atoms with Crippen molar-refractivity contribution in [2.24, 2.45) is 29.4 Å². The van der Waals surface area contributed by atoms with Gasteiger partial charge in [0.05, 0.1) is 0 Å². The summed E-state index contributed by atoms with van der Waals surface area (Å²) in [6.45, 7) is 15.7. The smallest absolute Gasteiger partial charge is 0.0215 e. The molecule has 0 aromatic carbocycles. The van der Waals surface area contributed by atoms with Crippen LogP contribution in [0.2, 0.25) is 0 Å². The van der Waals surface area contributed by atoms with Gasteiger partial charge in [0, 0.05) is 12.6 Å². The van der Waals surface area contributed by atoms with E-state index in [0.29, 0.717) is 12.0 Å². The molecule has 0 heterocycles. The molecule has 0 bridgehead atoms. The fourth-order valence-electron chi connectivity index (χ4n) is 2.70. The summed E-state index contributed by atoms with van der Waals surface area (Å²) in [5, 5.41) is 3.69. The maximum atomic E-state index is 5.88. The quantitative estimate of drug-likeness (QED) is 0.651. The Balaban J connectivity index is 4.19. The van der Waals surface area contributed by atoms with Gasteiger partial charge in [-0.15, -0.1) is 0 Å². The van der Waals surface area contributed by atoms with Crippen LogP contribution < -0.4 is 11.1 Å². The zero-order valence-electron chi connectivity index (χ0n) is 12.8. The van der Waals surface area contributed by atoms with E-state index >= 15 is 0 Å². The zero-order chi connectivity index (χ0) is 13.4. The van der Waals surface area contributed by atoms with Crippen LogP contribution in [-0.2, 0) is 0 Å². The first kappa shape index (κ1) is 16.9. The monoisotopic (exact) mass is 242 g/mol. The van der Waals surface area contributed by atoms with Crippen molar-refractivity contribution in [3.63, 3.8) is 0 Å². The minimum Gasteiger partial charge on any atom is -0.329 e. The van der Waals surface area contributed by atoms with Gasteiger partial charge in [0.15, 0.2) is 0 Å². The Bertz CT molecular complexity index is 170. The van der Waals surface area contributed by atoms with Crippen molar-refractivity contribution < 1.29 is 0 Å². The third-order valence-corrected chi connectivity index (χ3v) is 4.01. The average molecular weight is 242 g/mol. The normalized spacial score (nSPS) is 15.9. The maximum absolute atomic E-state index is 5.88. The van der Waals surface area contributed by atoms with E-state index in [0.717, 1.165) is 30.8 Å². The number of hydrogen-bond acceptors (Lipinski definition) is 2. The highest BCUT2D eigenvalue weighted by molar-refractivity contribution is 4.77. The third-order valence-electron chi connectivity index (χ3n) is 4.01. The van der Waals surface area contributed by atoms with E-state index in [-0.39, 0.29) is 0 Å². The Labute approximate surface area is 109 Å². The van der Waals surface area contributed by atoms with Crippen LogP contribution in [0.1, 0.15) is 54.4 Å². The summed E-state index contributed by atoms with van der Waals surface area (Å²) in [5.74, 6) is 2.91. The Kier molecular flexibility index (Phi) is 8.89. The molecule has 17 heavy (non-hydrogen) atoms. The van der Waals surface area contributed by atoms with Gasteiger partial charge in [0.1, 0.15) is 0 Å². The molecule has 0 amide bonds. The van der Waals surface area contributed by atoms with Crippen LogP contribution in [0.5, 0.6) is 0 Å². The molecular formula is C15H34N2. The van der Waals surface area contributed by atoms with Crippen LogP contribution in [0.3, 0.4) is 0 Å². The first-order valence-corrected chi connectivity index (χ1v) is 7.37. The Hall–Kier alpha value is -0.0800. The third kappa shape index (κ3) is 6.42. The first-order chi connectivity index (χ1) is 7.93. The summed E-state index contributed by atoms with van der Waals surface area (Å²) < 4.78 is 0. The van der Waals surface area contributed by atoms with Crippen LogP contribution in [0.15, 0.2) is 0 Å². The summed E-state index contributed by atoms with van der Waals surface area (Å²) in [7, 11) is 0. The lowest BCUT2D eigenvalue weighted by atomic mass is 9.85. The van der Waals surface area contributed by atoms with Crippen LogP contribution in [0.4, 0.5) is 0 Å². The second-order valence-corrected chi connectivity index (χ2v) is 6.17. The Morgan fingerprint density at radius 2 is 1.53 bits per heavy atom. The van der Waals surface area contributed by atoms with Gasteiger partial charge in [-0.2, -0.15) is 0 Å². The van der Waals surface area contributed by atoms with Crippen molar-refractivity contribution in [2.45, 2.75) is 60.4 Å². The van der Waals surface area contributed by atoms with Crippen molar-refractivity contribution >= 4 is 0 Å². The second kappa shape index (κ2) is 8.93. The van der Waals surface area contributed by atoms with Gasteiger partial charge in [-0.1, -0.05) is 48.0 Å². The van der Waals surface area contributed by atoms with Crippen molar-refractivity contribution in [3.05, 3.63) is 0 Å². The van der Waals surface area contributed by atoms with E-state index in [1.165, 1.54) is 12.8 Å². The summed E-state index contributed by atoms with van der Waals surface area (Å²) in [6, 6.07) is 0.481. The van der Waals surface area contributed by atoms with Gasteiger partial charge < -0.3 is 11.1 Å². The van der Waals surface area contributed by atoms with Gasteiger partial charge in [-0.25, -0.2) is 0 Å². The predicted octanol–water partition coefficient (Wildman–Crippen LogP) is 3.27. The van der Waals surface area contributed by atoms with Crippen molar-refractivity contribution in [1.82, 2.24) is 5.32 Å². The highest BCUT2D eigenvalue weighted by atomic mass is 14.9. The van der Waals surface area contributed by atoms with Gasteiger partial charge in [0.2, 0.25) is 0 Å². The lowest BCUT2D eigenvalue weighted by molar-refractivity contribution is 0.248. The van der Waals surface area contributed by atoms with Gasteiger partial charge in [-0.05, 0) is 36.6 Å². The second-order valence-electron chi connectivity index (χ2n) is 6.17. The highest BCUT2D eigenvalue weighted by Gasteiger charge is 2.20. The molecule has 0 aliphatic heterocycles. The first-order valence-electron chi connectivity index (χ1n) is 7.37. The molecule has 0 aromatic heterocycles. The lowest BCUT2D eigenvalue weighted by Crippen LogP contribution is -2.44. The Morgan fingerprint density at radius 1 is 1.00 bits per heavy atom. The van der Waals surface area contributed by atoms with Crippen LogP contribution in [0.25, 0.3) is 0 Å². The van der Waals surface area contributed by atoms with Crippen molar-refractivity contribution in [1.29, 1.82) is 0 Å². The van der Waals surface area contributed by atoms with E-state index in [1.807, 2.05) is 0 Å². The van der Waals surface area contributed by atoms with Crippen LogP contribution in [0, 0.1) is 23.7 Å². The van der Waals surface area contributed by atoms with E-state index in [2.05, 4.69) is 46.9 Å². The number of hydrogen-bond donors (Lipinski definition) is 2. The van der Waals surface area contributed by atoms with E-state index in [4.69, 9.17) is 5.73 Å². The molecule has 2 unspecified atom stereocenters. The standard InChI is InChI=1S/C15H34N2/c1-7-8-13(6)15(9-16)17-10-14(11(2)3)12(4)5/h11-15,17H,7-10,16H2,1-6H3. The molecule has 0 aromatic rings. The number of nitrogens with two attached hydrogens (primary N) is 1. The van der Waals surface area contributed by atoms with Gasteiger partial charge in [0.25, 0.3) is 0 Å². The summed E-state index contributed by atoms with van der Waals surface area (Å²) in [4.78, 5) is 0. The fourth-order valence-corrected chi connectivity index (χ4v) is 2.70. The summed E-state index contributed by atoms with van der Waals surface area (Å²) in [6.07, 6.45) is 2.51. The molecule has 0 rings (SSSR count). The molecule has 0 saturated heterocycles. The zero-order valence-corrected chi connectivity index (χ0v) is 12.8. The molecule has 2 nitrogen and oxygen atoms in total. The highest BCUT2D eigenvalue weighted by Crippen LogP contribution is 2.20. The van der Waals surface area contributed by atoms with E-state index in [1.54, 1.807) is 0 Å². The summed E-state index contributed by atoms with van der Waals surface area (Å²) >= 11 is 0. The Morgan fingerprint density at radius 3 is 1.88 bits per heavy atom. The molecular weight excluding hydrogens is 208 g/mol. The molecule has 0 fully saturated rings. The summed E-state index contributed by atoms with van der Waals surface area (Å²) in [5.41, 5.74) is 5.88. The molecule has 2 heteroatoms. The fraction of sp³-hybridized carbons (Fsp3) is 1.00. The molecule has 0 saturated carbocycles. The minimum atomic E-state index is 0.481. The SMILES string of the molecule is CCCC(C)C(CN)NCC(C(C)C)C(C)C. The average Bonchev–Trinajstić information content (AvgIpc) is 2.23. The van der Waals surface area contributed by atoms with Gasteiger partial charge in [-0.3, -0.25) is 0 Å². The predicted molar refractivity (Wildman–Crippen MR) is 78.1 cm³/mol. The largest absolute Gasteiger partial charge is 0.329 e. The van der Waals surface area contributed by atoms with E-state index in [9.17, 15) is 0 Å². The topological polar surface area (TPSA) is 38.0 Å². The molecule has 0 aliphatic rings. The van der Waals surface area contributed by atoms with Gasteiger partial charge >= 0.3 is 0 Å².